The van der Waals surface area contributed by atoms with Crippen molar-refractivity contribution in [1.82, 2.24) is 0 Å². The highest BCUT2D eigenvalue weighted by Gasteiger charge is 2.01. The number of rotatable bonds is 3. The summed E-state index contributed by atoms with van der Waals surface area (Å²) in [6, 6.07) is 5.27. The van der Waals surface area contributed by atoms with Crippen LogP contribution in [0.25, 0.3) is 0 Å². The summed E-state index contributed by atoms with van der Waals surface area (Å²) in [4.78, 5) is 0. The van der Waals surface area contributed by atoms with Crippen molar-refractivity contribution in [2.24, 2.45) is 0 Å². The molecule has 70 valence electrons. The van der Waals surface area contributed by atoms with Crippen molar-refractivity contribution < 1.29 is 9.84 Å². The molecule has 1 rings (SSSR count). The summed E-state index contributed by atoms with van der Waals surface area (Å²) >= 11 is 0. The van der Waals surface area contributed by atoms with Crippen LogP contribution >= 0.6 is 0 Å². The molecule has 0 spiro atoms. The summed E-state index contributed by atoms with van der Waals surface area (Å²) in [5.41, 5.74) is 2.00. The topological polar surface area (TPSA) is 29.5 Å². The predicted molar refractivity (Wildman–Crippen MR) is 53.2 cm³/mol. The van der Waals surface area contributed by atoms with E-state index >= 15 is 0 Å². The fourth-order valence-corrected chi connectivity index (χ4v) is 0.938. The summed E-state index contributed by atoms with van der Waals surface area (Å²) in [7, 11) is 0. The van der Waals surface area contributed by atoms with E-state index in [-0.39, 0.29) is 5.75 Å². The van der Waals surface area contributed by atoms with Gasteiger partial charge in [-0.25, -0.2) is 0 Å². The Morgan fingerprint density at radius 1 is 1.54 bits per heavy atom. The van der Waals surface area contributed by atoms with Crippen LogP contribution in [-0.4, -0.2) is 11.7 Å². The number of hydrogen-bond acceptors (Lipinski definition) is 2. The minimum absolute atomic E-state index is 0.173. The van der Waals surface area contributed by atoms with Crippen LogP contribution in [0.5, 0.6) is 11.5 Å². The zero-order valence-corrected chi connectivity index (χ0v) is 8.00. The first-order chi connectivity index (χ1) is 6.09. The molecule has 1 N–H and O–H groups in total. The maximum absolute atomic E-state index is 9.39. The van der Waals surface area contributed by atoms with Gasteiger partial charge >= 0.3 is 0 Å². The SMILES string of the molecule is C=C(C)COc1cc(C)ccc1O. The molecule has 1 aromatic rings. The molecule has 0 aliphatic carbocycles. The quantitative estimate of drug-likeness (QED) is 0.721. The highest BCUT2D eigenvalue weighted by molar-refractivity contribution is 5.41. The first-order valence-corrected chi connectivity index (χ1v) is 4.16. The van der Waals surface area contributed by atoms with Crippen LogP contribution in [0, 0.1) is 6.92 Å². The van der Waals surface area contributed by atoms with E-state index in [1.54, 1.807) is 12.1 Å². The number of ether oxygens (including phenoxy) is 1. The third-order valence-corrected chi connectivity index (χ3v) is 1.59. The van der Waals surface area contributed by atoms with Gasteiger partial charge in [0.05, 0.1) is 0 Å². The molecule has 0 bridgehead atoms. The van der Waals surface area contributed by atoms with Crippen LogP contribution < -0.4 is 4.74 Å². The number of benzene rings is 1. The molecule has 0 aromatic heterocycles. The Morgan fingerprint density at radius 3 is 2.85 bits per heavy atom. The van der Waals surface area contributed by atoms with Gasteiger partial charge in [0.25, 0.3) is 0 Å². The molecule has 2 heteroatoms. The van der Waals surface area contributed by atoms with Crippen LogP contribution in [0.3, 0.4) is 0 Å². The maximum Gasteiger partial charge on any atom is 0.161 e. The Balaban J connectivity index is 2.75. The summed E-state index contributed by atoms with van der Waals surface area (Å²) in [5, 5.41) is 9.39. The van der Waals surface area contributed by atoms with Gasteiger partial charge in [-0.3, -0.25) is 0 Å². The Hall–Kier alpha value is -1.44. The number of phenols is 1. The van der Waals surface area contributed by atoms with Gasteiger partial charge in [-0.1, -0.05) is 12.6 Å². The number of hydrogen-bond donors (Lipinski definition) is 1. The van der Waals surface area contributed by atoms with E-state index in [4.69, 9.17) is 4.74 Å². The van der Waals surface area contributed by atoms with Gasteiger partial charge in [0, 0.05) is 0 Å². The highest BCUT2D eigenvalue weighted by atomic mass is 16.5. The fourth-order valence-electron chi connectivity index (χ4n) is 0.938. The minimum atomic E-state index is 0.173. The van der Waals surface area contributed by atoms with E-state index in [2.05, 4.69) is 6.58 Å². The van der Waals surface area contributed by atoms with Crippen molar-refractivity contribution in [2.75, 3.05) is 6.61 Å². The normalized spacial score (nSPS) is 9.69. The molecule has 0 heterocycles. The van der Waals surface area contributed by atoms with Crippen molar-refractivity contribution in [1.29, 1.82) is 0 Å². The third-order valence-electron chi connectivity index (χ3n) is 1.59. The maximum atomic E-state index is 9.39. The van der Waals surface area contributed by atoms with Gasteiger partial charge in [0.15, 0.2) is 11.5 Å². The van der Waals surface area contributed by atoms with Crippen LogP contribution in [0.4, 0.5) is 0 Å². The van der Waals surface area contributed by atoms with Crippen LogP contribution in [0.2, 0.25) is 0 Å². The Labute approximate surface area is 78.5 Å². The second kappa shape index (κ2) is 3.99. The van der Waals surface area contributed by atoms with Gasteiger partial charge in [0.1, 0.15) is 6.61 Å². The molecule has 2 nitrogen and oxygen atoms in total. The minimum Gasteiger partial charge on any atom is -0.504 e. The second-order valence-corrected chi connectivity index (χ2v) is 3.22. The van der Waals surface area contributed by atoms with Crippen molar-refractivity contribution in [3.63, 3.8) is 0 Å². The average molecular weight is 178 g/mol. The second-order valence-electron chi connectivity index (χ2n) is 3.22. The van der Waals surface area contributed by atoms with E-state index < -0.39 is 0 Å². The molecule has 0 fully saturated rings. The van der Waals surface area contributed by atoms with Crippen molar-refractivity contribution in [2.45, 2.75) is 13.8 Å². The summed E-state index contributed by atoms with van der Waals surface area (Å²) in [5.74, 6) is 0.690. The number of aryl methyl sites for hydroxylation is 1. The van der Waals surface area contributed by atoms with Gasteiger partial charge in [0.2, 0.25) is 0 Å². The lowest BCUT2D eigenvalue weighted by molar-refractivity contribution is 0.328. The third kappa shape index (κ3) is 2.82. The lowest BCUT2D eigenvalue weighted by atomic mass is 10.2. The first kappa shape index (κ1) is 9.65. The van der Waals surface area contributed by atoms with Crippen molar-refractivity contribution >= 4 is 0 Å². The summed E-state index contributed by atoms with van der Waals surface area (Å²) < 4.78 is 5.33. The molecule has 1 aromatic carbocycles. The van der Waals surface area contributed by atoms with Gasteiger partial charge < -0.3 is 9.84 Å². The monoisotopic (exact) mass is 178 g/mol. The number of aromatic hydroxyl groups is 1. The largest absolute Gasteiger partial charge is 0.504 e. The zero-order chi connectivity index (χ0) is 9.84. The molecule has 0 saturated heterocycles. The lowest BCUT2D eigenvalue weighted by Crippen LogP contribution is -1.97. The molecule has 0 saturated carbocycles. The molecule has 0 unspecified atom stereocenters. The van der Waals surface area contributed by atoms with E-state index in [1.807, 2.05) is 19.9 Å². The van der Waals surface area contributed by atoms with Crippen LogP contribution in [0.1, 0.15) is 12.5 Å². The zero-order valence-electron chi connectivity index (χ0n) is 8.00. The fraction of sp³-hybridized carbons (Fsp3) is 0.273. The Kier molecular flexibility index (Phi) is 2.96. The van der Waals surface area contributed by atoms with Crippen molar-refractivity contribution in [3.05, 3.63) is 35.9 Å². The smallest absolute Gasteiger partial charge is 0.161 e. The highest BCUT2D eigenvalue weighted by Crippen LogP contribution is 2.26. The Morgan fingerprint density at radius 2 is 2.23 bits per heavy atom. The van der Waals surface area contributed by atoms with E-state index in [0.29, 0.717) is 12.4 Å². The van der Waals surface area contributed by atoms with E-state index in [0.717, 1.165) is 11.1 Å². The summed E-state index contributed by atoms with van der Waals surface area (Å²) in [6.45, 7) is 7.99. The molecule has 0 atom stereocenters. The number of phenolic OH excluding ortho intramolecular Hbond substituents is 1. The van der Waals surface area contributed by atoms with Crippen LogP contribution in [-0.2, 0) is 0 Å². The lowest BCUT2D eigenvalue weighted by Gasteiger charge is -2.07. The average Bonchev–Trinajstić information content (AvgIpc) is 2.06. The molecule has 0 aliphatic rings. The molecular formula is C11H14O2. The van der Waals surface area contributed by atoms with Gasteiger partial charge in [-0.15, -0.1) is 0 Å². The molecule has 13 heavy (non-hydrogen) atoms. The molecule has 0 aliphatic heterocycles. The van der Waals surface area contributed by atoms with E-state index in [9.17, 15) is 5.11 Å². The first-order valence-electron chi connectivity index (χ1n) is 4.16. The molecular weight excluding hydrogens is 164 g/mol. The van der Waals surface area contributed by atoms with Gasteiger partial charge in [-0.05, 0) is 37.1 Å². The van der Waals surface area contributed by atoms with E-state index in [1.165, 1.54) is 0 Å². The Bertz CT molecular complexity index is 316. The van der Waals surface area contributed by atoms with Crippen molar-refractivity contribution in [3.8, 4) is 11.5 Å². The van der Waals surface area contributed by atoms with Crippen LogP contribution in [0.15, 0.2) is 30.4 Å². The summed E-state index contributed by atoms with van der Waals surface area (Å²) in [6.07, 6.45) is 0. The molecule has 0 radical (unpaired) electrons. The van der Waals surface area contributed by atoms with Gasteiger partial charge in [-0.2, -0.15) is 0 Å². The standard InChI is InChI=1S/C11H14O2/c1-8(2)7-13-11-6-9(3)4-5-10(11)12/h4-6,12H,1,7H2,2-3H3. The predicted octanol–water partition coefficient (Wildman–Crippen LogP) is 2.66. The molecule has 0 amide bonds.